The summed E-state index contributed by atoms with van der Waals surface area (Å²) in [5, 5.41) is 18.7. The SMILES string of the molecule is CCCC(CCC)S(=O)(=O)C[C@H](NC(=O)OCc1cccnc1)C(=O)N[C@@H](Cc1cc(F)cc(F)c1)[C@H](O)CNCc1cccc(CC)c1. The minimum atomic E-state index is -3.90. The molecule has 0 fully saturated rings. The molecule has 268 valence electrons. The second-order valence-electron chi connectivity index (χ2n) is 12.1. The molecule has 0 aliphatic carbocycles. The van der Waals surface area contributed by atoms with Crippen LogP contribution in [0.5, 0.6) is 0 Å². The summed E-state index contributed by atoms with van der Waals surface area (Å²) in [5.41, 5.74) is 2.87. The summed E-state index contributed by atoms with van der Waals surface area (Å²) in [7, 11) is -3.90. The number of benzene rings is 2. The molecule has 3 rings (SSSR count). The summed E-state index contributed by atoms with van der Waals surface area (Å²) in [5.74, 6) is -3.27. The van der Waals surface area contributed by atoms with E-state index in [9.17, 15) is 31.9 Å². The van der Waals surface area contributed by atoms with Crippen molar-refractivity contribution in [2.75, 3.05) is 12.3 Å². The number of carbonyl (C=O) groups is 2. The number of nitrogens with zero attached hydrogens (tertiary/aromatic N) is 1. The van der Waals surface area contributed by atoms with Gasteiger partial charge in [0, 0.05) is 37.1 Å². The molecule has 1 heterocycles. The number of pyridine rings is 1. The molecular weight excluding hydrogens is 654 g/mol. The average Bonchev–Trinajstić information content (AvgIpc) is 3.06. The molecule has 0 aliphatic rings. The number of rotatable bonds is 20. The summed E-state index contributed by atoms with van der Waals surface area (Å²) in [6, 6.07) is 11.4. The Kier molecular flexibility index (Phi) is 16.0. The molecule has 0 unspecified atom stereocenters. The molecule has 3 atom stereocenters. The largest absolute Gasteiger partial charge is 0.445 e. The van der Waals surface area contributed by atoms with Gasteiger partial charge in [-0.3, -0.25) is 9.78 Å². The molecule has 0 radical (unpaired) electrons. The van der Waals surface area contributed by atoms with Crippen molar-refractivity contribution in [2.45, 2.75) is 95.9 Å². The fourth-order valence-corrected chi connectivity index (χ4v) is 7.69. The van der Waals surface area contributed by atoms with E-state index in [1.54, 1.807) is 18.3 Å². The van der Waals surface area contributed by atoms with Gasteiger partial charge < -0.3 is 25.8 Å². The third-order valence-electron chi connectivity index (χ3n) is 8.08. The molecule has 0 bridgehead atoms. The van der Waals surface area contributed by atoms with Crippen LogP contribution >= 0.6 is 0 Å². The molecule has 0 aliphatic heterocycles. The first-order chi connectivity index (χ1) is 23.4. The number of hydrogen-bond acceptors (Lipinski definition) is 8. The van der Waals surface area contributed by atoms with E-state index in [0.29, 0.717) is 43.9 Å². The molecular formula is C36H48F2N4O6S. The van der Waals surface area contributed by atoms with Crippen LogP contribution in [0.25, 0.3) is 0 Å². The van der Waals surface area contributed by atoms with Crippen LogP contribution < -0.4 is 16.0 Å². The number of ether oxygens (including phenoxy) is 1. The van der Waals surface area contributed by atoms with Gasteiger partial charge in [-0.15, -0.1) is 0 Å². The lowest BCUT2D eigenvalue weighted by Gasteiger charge is -2.28. The van der Waals surface area contributed by atoms with Crippen molar-refractivity contribution in [3.63, 3.8) is 0 Å². The Bertz CT molecular complexity index is 1570. The Labute approximate surface area is 288 Å². The van der Waals surface area contributed by atoms with Crippen LogP contribution in [0.2, 0.25) is 0 Å². The predicted molar refractivity (Wildman–Crippen MR) is 184 cm³/mol. The number of amides is 2. The summed E-state index contributed by atoms with van der Waals surface area (Å²) in [6.45, 7) is 5.99. The Morgan fingerprint density at radius 1 is 0.898 bits per heavy atom. The maximum absolute atomic E-state index is 14.1. The first kappa shape index (κ1) is 39.5. The summed E-state index contributed by atoms with van der Waals surface area (Å²) in [6.07, 6.45) is 3.41. The fourth-order valence-electron chi connectivity index (χ4n) is 5.53. The van der Waals surface area contributed by atoms with E-state index in [4.69, 9.17) is 4.74 Å². The number of sulfone groups is 1. The van der Waals surface area contributed by atoms with Crippen LogP contribution in [0.3, 0.4) is 0 Å². The molecule has 0 saturated carbocycles. The number of halogens is 2. The summed E-state index contributed by atoms with van der Waals surface area (Å²) in [4.78, 5) is 30.7. The van der Waals surface area contributed by atoms with Crippen LogP contribution in [0.4, 0.5) is 13.6 Å². The molecule has 1 aromatic heterocycles. The minimum Gasteiger partial charge on any atom is -0.445 e. The lowest BCUT2D eigenvalue weighted by molar-refractivity contribution is -0.124. The predicted octanol–water partition coefficient (Wildman–Crippen LogP) is 4.78. The average molecular weight is 703 g/mol. The molecule has 2 aromatic carbocycles. The highest BCUT2D eigenvalue weighted by atomic mass is 32.2. The van der Waals surface area contributed by atoms with Crippen LogP contribution in [-0.4, -0.2) is 66.2 Å². The topological polar surface area (TPSA) is 147 Å². The van der Waals surface area contributed by atoms with E-state index in [1.165, 1.54) is 6.20 Å². The number of hydrogen-bond donors (Lipinski definition) is 4. The highest BCUT2D eigenvalue weighted by Crippen LogP contribution is 2.18. The zero-order valence-corrected chi connectivity index (χ0v) is 29.1. The first-order valence-electron chi connectivity index (χ1n) is 16.7. The zero-order chi connectivity index (χ0) is 35.8. The number of aliphatic hydroxyl groups excluding tert-OH is 1. The van der Waals surface area contributed by atoms with Gasteiger partial charge in [-0.1, -0.05) is 63.9 Å². The molecule has 4 N–H and O–H groups in total. The van der Waals surface area contributed by atoms with Crippen molar-refractivity contribution in [1.82, 2.24) is 20.9 Å². The van der Waals surface area contributed by atoms with Gasteiger partial charge in [0.2, 0.25) is 5.91 Å². The quantitative estimate of drug-likeness (QED) is 0.132. The zero-order valence-electron chi connectivity index (χ0n) is 28.3. The van der Waals surface area contributed by atoms with Crippen molar-refractivity contribution >= 4 is 21.8 Å². The van der Waals surface area contributed by atoms with Gasteiger partial charge in [0.25, 0.3) is 0 Å². The maximum Gasteiger partial charge on any atom is 0.408 e. The Morgan fingerprint density at radius 2 is 1.57 bits per heavy atom. The van der Waals surface area contributed by atoms with E-state index in [1.807, 2.05) is 45.0 Å². The van der Waals surface area contributed by atoms with Crippen LogP contribution in [0, 0.1) is 11.6 Å². The number of alkyl carbamates (subject to hydrolysis) is 1. The number of carbonyl (C=O) groups excluding carboxylic acids is 2. The Morgan fingerprint density at radius 3 is 2.20 bits per heavy atom. The number of aliphatic hydroxyl groups is 1. The third kappa shape index (κ3) is 13.5. The minimum absolute atomic E-state index is 0.0162. The van der Waals surface area contributed by atoms with Gasteiger partial charge in [-0.05, 0) is 60.6 Å². The molecule has 13 heteroatoms. The molecule has 2 amide bonds. The van der Waals surface area contributed by atoms with Crippen molar-refractivity contribution in [3.8, 4) is 0 Å². The molecule has 10 nitrogen and oxygen atoms in total. The van der Waals surface area contributed by atoms with Gasteiger partial charge in [0.05, 0.1) is 23.1 Å². The van der Waals surface area contributed by atoms with E-state index in [2.05, 4.69) is 20.9 Å². The molecule has 0 spiro atoms. The number of nitrogens with one attached hydrogen (secondary N) is 3. The highest BCUT2D eigenvalue weighted by Gasteiger charge is 2.34. The Hall–Kier alpha value is -3.94. The second kappa shape index (κ2) is 19.9. The molecule has 49 heavy (non-hydrogen) atoms. The summed E-state index contributed by atoms with van der Waals surface area (Å²) < 4.78 is 60.6. The second-order valence-corrected chi connectivity index (χ2v) is 14.5. The highest BCUT2D eigenvalue weighted by molar-refractivity contribution is 7.92. The fraction of sp³-hybridized carbons (Fsp3) is 0.472. The number of aryl methyl sites for hydroxylation is 1. The van der Waals surface area contributed by atoms with Crippen LogP contribution in [0.1, 0.15) is 68.7 Å². The van der Waals surface area contributed by atoms with Gasteiger partial charge in [0.1, 0.15) is 24.3 Å². The lowest BCUT2D eigenvalue weighted by atomic mass is 10.00. The van der Waals surface area contributed by atoms with Gasteiger partial charge in [-0.2, -0.15) is 0 Å². The summed E-state index contributed by atoms with van der Waals surface area (Å²) >= 11 is 0. The monoisotopic (exact) mass is 702 g/mol. The normalized spacial score (nSPS) is 13.4. The van der Waals surface area contributed by atoms with Crippen molar-refractivity contribution in [3.05, 3.63) is 101 Å². The van der Waals surface area contributed by atoms with Gasteiger partial charge in [0.15, 0.2) is 9.84 Å². The Balaban J connectivity index is 1.84. The van der Waals surface area contributed by atoms with Crippen LogP contribution in [0.15, 0.2) is 67.0 Å². The van der Waals surface area contributed by atoms with E-state index >= 15 is 0 Å². The van der Waals surface area contributed by atoms with Crippen molar-refractivity contribution in [2.24, 2.45) is 0 Å². The maximum atomic E-state index is 14.1. The first-order valence-corrected chi connectivity index (χ1v) is 18.4. The van der Waals surface area contributed by atoms with Gasteiger partial charge >= 0.3 is 6.09 Å². The smallest absolute Gasteiger partial charge is 0.408 e. The van der Waals surface area contributed by atoms with E-state index in [-0.39, 0.29) is 25.1 Å². The van der Waals surface area contributed by atoms with Gasteiger partial charge in [-0.25, -0.2) is 22.0 Å². The molecule has 0 saturated heterocycles. The van der Waals surface area contributed by atoms with E-state index in [0.717, 1.165) is 29.7 Å². The standard InChI is InChI=1S/C36H48F2N4O6S/c1-4-9-31(10-5-2)49(46,47)24-33(42-36(45)48-23-27-13-8-14-39-21-27)35(44)41-32(18-28-16-29(37)19-30(38)17-28)34(43)22-40-20-26-12-7-11-25(6-3)15-26/h7-8,11-17,19,21,31-34,40,43H,4-6,9-10,18,20,22-24H2,1-3H3,(H,41,44)(H,42,45)/t32-,33-,34+/m0/s1. The van der Waals surface area contributed by atoms with Crippen molar-refractivity contribution < 1.29 is 36.6 Å². The van der Waals surface area contributed by atoms with Crippen LogP contribution in [-0.2, 0) is 45.4 Å². The third-order valence-corrected chi connectivity index (χ3v) is 10.4. The number of aromatic nitrogens is 1. The van der Waals surface area contributed by atoms with Crippen molar-refractivity contribution in [1.29, 1.82) is 0 Å². The molecule has 3 aromatic rings. The van der Waals surface area contributed by atoms with E-state index < -0.39 is 62.7 Å². The lowest BCUT2D eigenvalue weighted by Crippen LogP contribution is -2.57.